The molecule has 1 fully saturated rings. The molecule has 1 N–H and O–H groups in total. The number of hydrogen-bond acceptors (Lipinski definition) is 7. The number of carbonyl (C=O) groups is 1. The molecule has 7 nitrogen and oxygen atoms in total. The molecule has 1 saturated heterocycles. The molecule has 1 atom stereocenters. The number of benzene rings is 1. The fraction of sp³-hybridized carbons (Fsp3) is 0.333. The Kier molecular flexibility index (Phi) is 5.94. The van der Waals surface area contributed by atoms with Gasteiger partial charge in [-0.15, -0.1) is 11.3 Å². The van der Waals surface area contributed by atoms with E-state index in [1.54, 1.807) is 11.3 Å². The highest BCUT2D eigenvalue weighted by atomic mass is 32.1. The van der Waals surface area contributed by atoms with E-state index < -0.39 is 12.0 Å². The first-order chi connectivity index (χ1) is 14.1. The summed E-state index contributed by atoms with van der Waals surface area (Å²) in [7, 11) is 0. The van der Waals surface area contributed by atoms with E-state index in [4.69, 9.17) is 13.9 Å². The number of morpholine rings is 1. The van der Waals surface area contributed by atoms with Crippen LogP contribution in [0.2, 0.25) is 0 Å². The molecule has 4 rings (SSSR count). The van der Waals surface area contributed by atoms with Gasteiger partial charge in [-0.1, -0.05) is 18.2 Å². The largest absolute Gasteiger partial charge is 0.487 e. The summed E-state index contributed by atoms with van der Waals surface area (Å²) in [5, 5.41) is 11.3. The van der Waals surface area contributed by atoms with E-state index >= 15 is 0 Å². The Morgan fingerprint density at radius 1 is 1.34 bits per heavy atom. The predicted molar refractivity (Wildman–Crippen MR) is 108 cm³/mol. The first-order valence-corrected chi connectivity index (χ1v) is 10.2. The number of aromatic nitrogens is 1. The van der Waals surface area contributed by atoms with Crippen LogP contribution in [0.1, 0.15) is 17.0 Å². The third kappa shape index (κ3) is 4.67. The van der Waals surface area contributed by atoms with Crippen molar-refractivity contribution in [1.82, 2.24) is 9.88 Å². The third-order valence-corrected chi connectivity index (χ3v) is 5.69. The van der Waals surface area contributed by atoms with Crippen molar-refractivity contribution in [2.45, 2.75) is 26.1 Å². The number of nitrogens with zero attached hydrogens (tertiary/aromatic N) is 2. The van der Waals surface area contributed by atoms with E-state index in [-0.39, 0.29) is 6.61 Å². The van der Waals surface area contributed by atoms with Gasteiger partial charge in [0, 0.05) is 13.1 Å². The van der Waals surface area contributed by atoms with Crippen molar-refractivity contribution in [2.24, 2.45) is 0 Å². The van der Waals surface area contributed by atoms with Crippen LogP contribution in [0.5, 0.6) is 5.75 Å². The summed E-state index contributed by atoms with van der Waals surface area (Å²) in [6.07, 6.45) is 0. The molecule has 152 valence electrons. The van der Waals surface area contributed by atoms with Gasteiger partial charge < -0.3 is 19.0 Å². The average Bonchev–Trinajstić information content (AvgIpc) is 3.38. The minimum absolute atomic E-state index is 0.223. The van der Waals surface area contributed by atoms with Gasteiger partial charge in [0.1, 0.15) is 29.9 Å². The molecule has 0 aliphatic carbocycles. The zero-order chi connectivity index (χ0) is 20.2. The molecule has 1 aliphatic rings. The summed E-state index contributed by atoms with van der Waals surface area (Å²) >= 11 is 1.58. The molecule has 0 saturated carbocycles. The maximum atomic E-state index is 11.4. The van der Waals surface area contributed by atoms with Crippen LogP contribution in [-0.2, 0) is 22.7 Å². The van der Waals surface area contributed by atoms with Crippen LogP contribution in [0.4, 0.5) is 0 Å². The molecule has 1 aromatic carbocycles. The first-order valence-electron chi connectivity index (χ1n) is 9.36. The first kappa shape index (κ1) is 19.6. The quantitative estimate of drug-likeness (QED) is 0.632. The second-order valence-corrected chi connectivity index (χ2v) is 7.78. The normalized spacial score (nSPS) is 17.3. The van der Waals surface area contributed by atoms with Crippen LogP contribution in [0.15, 0.2) is 46.2 Å². The van der Waals surface area contributed by atoms with E-state index in [1.807, 2.05) is 53.6 Å². The van der Waals surface area contributed by atoms with Crippen LogP contribution < -0.4 is 4.74 Å². The van der Waals surface area contributed by atoms with E-state index in [2.05, 4.69) is 4.98 Å². The lowest BCUT2D eigenvalue weighted by Gasteiger charge is -2.32. The lowest BCUT2D eigenvalue weighted by molar-refractivity contribution is -0.150. The summed E-state index contributed by atoms with van der Waals surface area (Å²) in [6.45, 7) is 4.15. The highest BCUT2D eigenvalue weighted by Gasteiger charge is 2.29. The van der Waals surface area contributed by atoms with Gasteiger partial charge >= 0.3 is 5.97 Å². The lowest BCUT2D eigenvalue weighted by atomic mass is 10.1. The molecule has 1 unspecified atom stereocenters. The van der Waals surface area contributed by atoms with Gasteiger partial charge in [-0.05, 0) is 36.1 Å². The molecular weight excluding hydrogens is 392 g/mol. The van der Waals surface area contributed by atoms with Gasteiger partial charge in [0.2, 0.25) is 5.89 Å². The summed E-state index contributed by atoms with van der Waals surface area (Å²) < 4.78 is 16.9. The smallest absolute Gasteiger partial charge is 0.323 e. The standard InChI is InChI=1S/C21H22N2O5S/c1-14-17(22-20(28-14)19-3-2-10-29-19)12-27-16-6-4-15(5-7-16)11-23-8-9-26-13-18(23)21(24)25/h2-7,10,18H,8-9,11-13H2,1H3,(H,24,25). The van der Waals surface area contributed by atoms with E-state index in [0.29, 0.717) is 32.2 Å². The van der Waals surface area contributed by atoms with Gasteiger partial charge in [-0.3, -0.25) is 9.69 Å². The van der Waals surface area contributed by atoms with Crippen LogP contribution >= 0.6 is 11.3 Å². The van der Waals surface area contributed by atoms with Crippen molar-refractivity contribution in [3.8, 4) is 16.5 Å². The number of aliphatic carboxylic acids is 1. The summed E-state index contributed by atoms with van der Waals surface area (Å²) in [6, 6.07) is 11.0. The van der Waals surface area contributed by atoms with Crippen molar-refractivity contribution in [1.29, 1.82) is 0 Å². The number of ether oxygens (including phenoxy) is 2. The molecule has 2 aromatic heterocycles. The van der Waals surface area contributed by atoms with E-state index in [1.165, 1.54) is 0 Å². The molecule has 8 heteroatoms. The Morgan fingerprint density at radius 3 is 2.90 bits per heavy atom. The van der Waals surface area contributed by atoms with Crippen molar-refractivity contribution < 1.29 is 23.8 Å². The Bertz CT molecular complexity index is 952. The maximum Gasteiger partial charge on any atom is 0.323 e. The molecule has 1 aliphatic heterocycles. The lowest BCUT2D eigenvalue weighted by Crippen LogP contribution is -2.49. The summed E-state index contributed by atoms with van der Waals surface area (Å²) in [4.78, 5) is 18.8. The minimum Gasteiger partial charge on any atom is -0.487 e. The second kappa shape index (κ2) is 8.77. The Balaban J connectivity index is 1.36. The Hall–Kier alpha value is -2.68. The summed E-state index contributed by atoms with van der Waals surface area (Å²) in [5.74, 6) is 1.24. The SMILES string of the molecule is Cc1oc(-c2cccs2)nc1COc1ccc(CN2CCOCC2C(=O)O)cc1. The molecule has 0 radical (unpaired) electrons. The predicted octanol–water partition coefficient (Wildman–Crippen LogP) is 3.58. The summed E-state index contributed by atoms with van der Waals surface area (Å²) in [5.41, 5.74) is 1.80. The third-order valence-electron chi connectivity index (χ3n) is 4.83. The van der Waals surface area contributed by atoms with Gasteiger partial charge in [-0.2, -0.15) is 0 Å². The van der Waals surface area contributed by atoms with Gasteiger partial charge in [-0.25, -0.2) is 4.98 Å². The van der Waals surface area contributed by atoms with Crippen molar-refractivity contribution in [3.63, 3.8) is 0 Å². The fourth-order valence-electron chi connectivity index (χ4n) is 3.20. The molecular formula is C21H22N2O5S. The molecule has 0 amide bonds. The van der Waals surface area contributed by atoms with Crippen LogP contribution in [-0.4, -0.2) is 46.8 Å². The zero-order valence-corrected chi connectivity index (χ0v) is 16.9. The van der Waals surface area contributed by atoms with Crippen LogP contribution in [0.25, 0.3) is 10.8 Å². The number of carboxylic acids is 1. The fourth-order valence-corrected chi connectivity index (χ4v) is 3.85. The minimum atomic E-state index is -0.852. The number of carboxylic acid groups (broad SMARTS) is 1. The number of hydrogen-bond donors (Lipinski definition) is 1. The van der Waals surface area contributed by atoms with Crippen molar-refractivity contribution in [3.05, 3.63) is 58.8 Å². The Morgan fingerprint density at radius 2 is 2.17 bits per heavy atom. The number of thiophene rings is 1. The molecule has 3 heterocycles. The molecule has 0 bridgehead atoms. The van der Waals surface area contributed by atoms with Crippen LogP contribution in [0, 0.1) is 6.92 Å². The number of rotatable bonds is 7. The highest BCUT2D eigenvalue weighted by molar-refractivity contribution is 7.13. The topological polar surface area (TPSA) is 85.0 Å². The maximum absolute atomic E-state index is 11.4. The molecule has 29 heavy (non-hydrogen) atoms. The zero-order valence-electron chi connectivity index (χ0n) is 16.0. The highest BCUT2D eigenvalue weighted by Crippen LogP contribution is 2.26. The van der Waals surface area contributed by atoms with Crippen LogP contribution in [0.3, 0.4) is 0 Å². The monoisotopic (exact) mass is 414 g/mol. The molecule has 0 spiro atoms. The second-order valence-electron chi connectivity index (χ2n) is 6.83. The van der Waals surface area contributed by atoms with E-state index in [0.717, 1.165) is 27.6 Å². The number of oxazole rings is 1. The Labute approximate surface area is 172 Å². The van der Waals surface area contributed by atoms with E-state index in [9.17, 15) is 9.90 Å². The number of aryl methyl sites for hydroxylation is 1. The molecule has 3 aromatic rings. The van der Waals surface area contributed by atoms with Gasteiger partial charge in [0.05, 0.1) is 18.1 Å². The van der Waals surface area contributed by atoms with Gasteiger partial charge in [0.15, 0.2) is 0 Å². The van der Waals surface area contributed by atoms with Gasteiger partial charge in [0.25, 0.3) is 0 Å². The van der Waals surface area contributed by atoms with Crippen molar-refractivity contribution >= 4 is 17.3 Å². The average molecular weight is 414 g/mol. The van der Waals surface area contributed by atoms with Crippen molar-refractivity contribution in [2.75, 3.05) is 19.8 Å².